The van der Waals surface area contributed by atoms with Gasteiger partial charge in [0.25, 0.3) is 0 Å². The number of ether oxygens (including phenoxy) is 1. The Labute approximate surface area is 200 Å². The predicted molar refractivity (Wildman–Crippen MR) is 128 cm³/mol. The molecule has 0 radical (unpaired) electrons. The largest absolute Gasteiger partial charge is 0.476 e. The lowest BCUT2D eigenvalue weighted by Gasteiger charge is -2.46. The molecule has 2 atom stereocenters. The summed E-state index contributed by atoms with van der Waals surface area (Å²) in [6.45, 7) is 5.18. The molecular formula is C24H27N7O2S. The molecular weight excluding hydrogens is 450 g/mol. The summed E-state index contributed by atoms with van der Waals surface area (Å²) in [6, 6.07) is 8.40. The predicted octanol–water partition coefficient (Wildman–Crippen LogP) is 2.52. The first kappa shape index (κ1) is 20.5. The summed E-state index contributed by atoms with van der Waals surface area (Å²) < 4.78 is 21.2. The van der Waals surface area contributed by atoms with Crippen molar-refractivity contribution in [2.24, 2.45) is 5.41 Å². The molecule has 9 nitrogen and oxygen atoms in total. The molecule has 7 bridgehead atoms. The molecule has 8 rings (SSSR count). The molecule has 2 fully saturated rings. The first-order chi connectivity index (χ1) is 16.7. The van der Waals surface area contributed by atoms with Gasteiger partial charge in [0.2, 0.25) is 17.0 Å². The molecule has 1 spiro atoms. The van der Waals surface area contributed by atoms with Crippen LogP contribution >= 0.6 is 0 Å². The second-order valence-corrected chi connectivity index (χ2v) is 11.3. The van der Waals surface area contributed by atoms with Gasteiger partial charge in [-0.3, -0.25) is 4.90 Å². The van der Waals surface area contributed by atoms with Crippen molar-refractivity contribution in [3.63, 3.8) is 0 Å². The Bertz CT molecular complexity index is 1290. The van der Waals surface area contributed by atoms with E-state index >= 15 is 0 Å². The van der Waals surface area contributed by atoms with E-state index in [4.69, 9.17) is 4.74 Å². The molecule has 2 aromatic heterocycles. The zero-order valence-corrected chi connectivity index (χ0v) is 19.7. The molecule has 3 aromatic rings. The topological polar surface area (TPSA) is 99.3 Å². The summed E-state index contributed by atoms with van der Waals surface area (Å²) in [5, 5.41) is 11.1. The van der Waals surface area contributed by atoms with Crippen molar-refractivity contribution in [3.8, 4) is 17.0 Å². The summed E-state index contributed by atoms with van der Waals surface area (Å²) in [4.78, 5) is 11.5. The third kappa shape index (κ3) is 3.43. The number of hydrogen-bond donors (Lipinski definition) is 2. The van der Waals surface area contributed by atoms with Crippen LogP contribution < -0.4 is 10.1 Å². The number of nitrogens with zero attached hydrogens (tertiary/aromatic N) is 5. The Morgan fingerprint density at radius 1 is 1.12 bits per heavy atom. The Balaban J connectivity index is 1.29. The zero-order chi connectivity index (χ0) is 22.7. The third-order valence-corrected chi connectivity index (χ3v) is 8.87. The summed E-state index contributed by atoms with van der Waals surface area (Å²) in [7, 11) is -1.33. The van der Waals surface area contributed by atoms with Gasteiger partial charge >= 0.3 is 0 Å². The zero-order valence-electron chi connectivity index (χ0n) is 18.9. The minimum atomic E-state index is -1.33. The van der Waals surface area contributed by atoms with E-state index in [1.807, 2.05) is 22.6 Å². The highest BCUT2D eigenvalue weighted by atomic mass is 32.2. The maximum Gasteiger partial charge on any atom is 0.247 e. The number of rotatable bonds is 0. The maximum absolute atomic E-state index is 13.2. The normalized spacial score (nSPS) is 29.6. The number of aryl methyl sites for hydroxylation is 1. The van der Waals surface area contributed by atoms with Crippen LogP contribution in [0.2, 0.25) is 0 Å². The molecule has 34 heavy (non-hydrogen) atoms. The molecule has 4 aliphatic heterocycles. The number of H-pyrrole nitrogens is 1. The minimum Gasteiger partial charge on any atom is -0.476 e. The molecule has 1 aliphatic carbocycles. The highest BCUT2D eigenvalue weighted by molar-refractivity contribution is 7.82. The molecule has 176 valence electrons. The smallest absolute Gasteiger partial charge is 0.247 e. The Kier molecular flexibility index (Phi) is 4.75. The standard InChI is InChI=1S/C24H27N7O2S/c32-34-23-27-22(28-29-23)26-21-18-3-1-2-16(18)4-5-19(21)17-6-8-25-20(12-17)33-11-10-30-9-7-24(13-30)14-31(34)15-24/h4-6,8,12H,1-3,7,9-11,13-15H2,(H2,26,27,28,29). The first-order valence-electron chi connectivity index (χ1n) is 12.0. The van der Waals surface area contributed by atoms with E-state index in [1.165, 1.54) is 11.1 Å². The van der Waals surface area contributed by atoms with Crippen LogP contribution in [0.4, 0.5) is 11.6 Å². The number of nitrogens with one attached hydrogen (secondary N) is 2. The summed E-state index contributed by atoms with van der Waals surface area (Å²) in [5.74, 6) is 1.09. The van der Waals surface area contributed by atoms with Crippen molar-refractivity contribution in [2.75, 3.05) is 44.6 Å². The second kappa shape index (κ2) is 7.86. The van der Waals surface area contributed by atoms with E-state index < -0.39 is 11.0 Å². The average molecular weight is 478 g/mol. The molecule has 0 saturated carbocycles. The van der Waals surface area contributed by atoms with E-state index in [-0.39, 0.29) is 5.41 Å². The number of benzene rings is 1. The van der Waals surface area contributed by atoms with E-state index in [2.05, 4.69) is 42.5 Å². The monoisotopic (exact) mass is 477 g/mol. The van der Waals surface area contributed by atoms with Crippen LogP contribution in [0.5, 0.6) is 5.88 Å². The average Bonchev–Trinajstić information content (AvgIpc) is 3.57. The van der Waals surface area contributed by atoms with Crippen molar-refractivity contribution in [3.05, 3.63) is 41.6 Å². The van der Waals surface area contributed by atoms with Crippen molar-refractivity contribution in [2.45, 2.75) is 30.8 Å². The number of fused-ring (bicyclic) bond motifs is 3. The summed E-state index contributed by atoms with van der Waals surface area (Å²) in [5.41, 5.74) is 5.99. The van der Waals surface area contributed by atoms with Crippen LogP contribution in [0.25, 0.3) is 11.1 Å². The molecule has 0 amide bonds. The number of aromatic nitrogens is 4. The van der Waals surface area contributed by atoms with Gasteiger partial charge in [0.05, 0.1) is 5.69 Å². The fraction of sp³-hybridized carbons (Fsp3) is 0.458. The molecule has 2 saturated heterocycles. The van der Waals surface area contributed by atoms with Crippen LogP contribution in [0.3, 0.4) is 0 Å². The maximum atomic E-state index is 13.2. The fourth-order valence-corrected chi connectivity index (χ4v) is 7.21. The van der Waals surface area contributed by atoms with Crippen LogP contribution in [-0.2, 0) is 23.8 Å². The fourth-order valence-electron chi connectivity index (χ4n) is 5.90. The number of anilines is 2. The van der Waals surface area contributed by atoms with E-state index in [1.54, 1.807) is 0 Å². The van der Waals surface area contributed by atoms with Gasteiger partial charge in [0, 0.05) is 49.4 Å². The van der Waals surface area contributed by atoms with Gasteiger partial charge in [-0.05, 0) is 55.0 Å². The molecule has 1 aromatic carbocycles. The Morgan fingerprint density at radius 2 is 2.06 bits per heavy atom. The van der Waals surface area contributed by atoms with Gasteiger partial charge < -0.3 is 10.1 Å². The first-order valence-corrected chi connectivity index (χ1v) is 13.1. The highest BCUT2D eigenvalue weighted by Gasteiger charge is 2.49. The summed E-state index contributed by atoms with van der Waals surface area (Å²) >= 11 is 0. The number of hydrogen-bond acceptors (Lipinski definition) is 7. The van der Waals surface area contributed by atoms with Crippen molar-refractivity contribution < 1.29 is 8.95 Å². The van der Waals surface area contributed by atoms with Gasteiger partial charge in [-0.15, -0.1) is 5.10 Å². The van der Waals surface area contributed by atoms with Crippen LogP contribution in [-0.4, -0.2) is 72.9 Å². The van der Waals surface area contributed by atoms with E-state index in [0.717, 1.165) is 75.2 Å². The van der Waals surface area contributed by atoms with E-state index in [9.17, 15) is 4.21 Å². The molecule has 2 N–H and O–H groups in total. The highest BCUT2D eigenvalue weighted by Crippen LogP contribution is 2.42. The molecule has 6 heterocycles. The third-order valence-electron chi connectivity index (χ3n) is 7.63. The lowest BCUT2D eigenvalue weighted by atomic mass is 9.81. The second-order valence-electron chi connectivity index (χ2n) is 9.87. The van der Waals surface area contributed by atoms with Crippen LogP contribution in [0.1, 0.15) is 24.0 Å². The molecule has 2 unspecified atom stereocenters. The summed E-state index contributed by atoms with van der Waals surface area (Å²) in [6.07, 6.45) is 6.15. The van der Waals surface area contributed by atoms with Crippen molar-refractivity contribution in [1.29, 1.82) is 0 Å². The van der Waals surface area contributed by atoms with Gasteiger partial charge in [0.15, 0.2) is 11.0 Å². The van der Waals surface area contributed by atoms with Crippen molar-refractivity contribution >= 4 is 22.6 Å². The Morgan fingerprint density at radius 3 is 3.00 bits per heavy atom. The van der Waals surface area contributed by atoms with Gasteiger partial charge in [-0.2, -0.15) is 4.98 Å². The lowest BCUT2D eigenvalue weighted by Crippen LogP contribution is -2.57. The number of pyridine rings is 1. The molecule has 10 heteroatoms. The van der Waals surface area contributed by atoms with Gasteiger partial charge in [-0.25, -0.2) is 18.6 Å². The Hall–Kier alpha value is -2.82. The van der Waals surface area contributed by atoms with Crippen molar-refractivity contribution in [1.82, 2.24) is 29.4 Å². The number of aromatic amines is 1. The molecule has 5 aliphatic rings. The van der Waals surface area contributed by atoms with Gasteiger partial charge in [0.1, 0.15) is 6.61 Å². The van der Waals surface area contributed by atoms with Crippen LogP contribution in [0.15, 0.2) is 35.6 Å². The van der Waals surface area contributed by atoms with Crippen LogP contribution in [0, 0.1) is 5.41 Å². The van der Waals surface area contributed by atoms with Gasteiger partial charge in [-0.1, -0.05) is 12.1 Å². The lowest BCUT2D eigenvalue weighted by molar-refractivity contribution is 0.0801. The van der Waals surface area contributed by atoms with E-state index in [0.29, 0.717) is 23.6 Å². The SMILES string of the molecule is O=S1c2nc(n[nH]2)Nc2c(ccc3c2CCC3)-c2ccnc(c2)OCCN2CCC3(C2)CN1C3. The quantitative estimate of drug-likeness (QED) is 0.513. The minimum absolute atomic E-state index is 0.222.